The summed E-state index contributed by atoms with van der Waals surface area (Å²) < 4.78 is 11.2. The number of hydrogen-bond donors (Lipinski definition) is 1. The first-order chi connectivity index (χ1) is 9.83. The van der Waals surface area contributed by atoms with Gasteiger partial charge in [0.25, 0.3) is 0 Å². The Balaban J connectivity index is 1.86. The van der Waals surface area contributed by atoms with E-state index in [2.05, 4.69) is 0 Å². The van der Waals surface area contributed by atoms with Gasteiger partial charge in [-0.25, -0.2) is 4.79 Å². The maximum Gasteiger partial charge on any atom is 0.410 e. The molecule has 21 heavy (non-hydrogen) atoms. The molecule has 1 amide bonds. The lowest BCUT2D eigenvalue weighted by molar-refractivity contribution is 0.0210. The molecule has 0 aliphatic carbocycles. The zero-order valence-electron chi connectivity index (χ0n) is 12.5. The van der Waals surface area contributed by atoms with Crippen LogP contribution in [0.2, 0.25) is 0 Å². The zero-order valence-corrected chi connectivity index (χ0v) is 12.5. The van der Waals surface area contributed by atoms with Gasteiger partial charge in [-0.15, -0.1) is 0 Å². The van der Waals surface area contributed by atoms with Gasteiger partial charge < -0.3 is 19.2 Å². The first kappa shape index (κ1) is 13.8. The first-order valence-corrected chi connectivity index (χ1v) is 7.05. The molecule has 1 aromatic heterocycles. The summed E-state index contributed by atoms with van der Waals surface area (Å²) in [5.74, 6) is 0.949. The molecule has 0 saturated carbocycles. The fraction of sp³-hybridized carbons (Fsp3) is 0.438. The van der Waals surface area contributed by atoms with E-state index in [1.807, 2.05) is 26.8 Å². The fourth-order valence-electron chi connectivity index (χ4n) is 2.57. The highest BCUT2D eigenvalue weighted by Gasteiger charge is 2.28. The molecule has 1 aliphatic heterocycles. The van der Waals surface area contributed by atoms with E-state index in [0.29, 0.717) is 18.7 Å². The SMILES string of the molecule is CC(C)(C)OC(=O)N1CCc2c(oc3cc(O)ccc23)C1. The van der Waals surface area contributed by atoms with E-state index in [0.717, 1.165) is 23.1 Å². The van der Waals surface area contributed by atoms with Gasteiger partial charge in [-0.1, -0.05) is 0 Å². The summed E-state index contributed by atoms with van der Waals surface area (Å²) in [4.78, 5) is 13.8. The van der Waals surface area contributed by atoms with Gasteiger partial charge in [-0.05, 0) is 39.3 Å². The van der Waals surface area contributed by atoms with Crippen LogP contribution in [-0.4, -0.2) is 28.2 Å². The second-order valence-electron chi connectivity index (χ2n) is 6.34. The minimum Gasteiger partial charge on any atom is -0.508 e. The fourth-order valence-corrected chi connectivity index (χ4v) is 2.57. The Kier molecular flexibility index (Phi) is 3.08. The third-order valence-electron chi connectivity index (χ3n) is 3.48. The van der Waals surface area contributed by atoms with Crippen molar-refractivity contribution in [3.8, 4) is 5.75 Å². The van der Waals surface area contributed by atoms with Gasteiger partial charge >= 0.3 is 6.09 Å². The number of hydrogen-bond acceptors (Lipinski definition) is 4. The molecule has 5 nitrogen and oxygen atoms in total. The summed E-state index contributed by atoms with van der Waals surface area (Å²) in [5.41, 5.74) is 1.27. The third-order valence-corrected chi connectivity index (χ3v) is 3.48. The number of phenols is 1. The number of furan rings is 1. The standard InChI is InChI=1S/C16H19NO4/c1-16(2,3)21-15(19)17-7-6-12-11-5-4-10(18)8-13(11)20-14(12)9-17/h4-5,8,18H,6-7,9H2,1-3H3. The van der Waals surface area contributed by atoms with Crippen LogP contribution in [-0.2, 0) is 17.7 Å². The molecule has 1 aromatic carbocycles. The minimum absolute atomic E-state index is 0.178. The normalized spacial score (nSPS) is 15.1. The lowest BCUT2D eigenvalue weighted by Gasteiger charge is -2.29. The van der Waals surface area contributed by atoms with Gasteiger partial charge in [-0.3, -0.25) is 0 Å². The number of phenolic OH excluding ortho intramolecular Hbond substituents is 1. The number of carbonyl (C=O) groups is 1. The van der Waals surface area contributed by atoms with Crippen molar-refractivity contribution in [2.75, 3.05) is 6.54 Å². The summed E-state index contributed by atoms with van der Waals surface area (Å²) in [6.45, 7) is 6.57. The van der Waals surface area contributed by atoms with Gasteiger partial charge in [0.05, 0.1) is 6.54 Å². The van der Waals surface area contributed by atoms with Crippen LogP contribution in [0.4, 0.5) is 4.79 Å². The van der Waals surface area contributed by atoms with E-state index in [1.54, 1.807) is 17.0 Å². The maximum atomic E-state index is 12.1. The molecule has 0 spiro atoms. The van der Waals surface area contributed by atoms with E-state index < -0.39 is 5.60 Å². The predicted molar refractivity (Wildman–Crippen MR) is 78.2 cm³/mol. The Morgan fingerprint density at radius 3 is 2.86 bits per heavy atom. The molecule has 0 saturated heterocycles. The monoisotopic (exact) mass is 289 g/mol. The molecule has 3 rings (SSSR count). The topological polar surface area (TPSA) is 62.9 Å². The summed E-state index contributed by atoms with van der Waals surface area (Å²) in [6, 6.07) is 5.11. The summed E-state index contributed by atoms with van der Waals surface area (Å²) in [5, 5.41) is 10.5. The van der Waals surface area contributed by atoms with Crippen molar-refractivity contribution in [3.63, 3.8) is 0 Å². The van der Waals surface area contributed by atoms with Crippen molar-refractivity contribution < 1.29 is 19.1 Å². The van der Waals surface area contributed by atoms with Gasteiger partial charge in [0, 0.05) is 23.6 Å². The van der Waals surface area contributed by atoms with Crippen LogP contribution < -0.4 is 0 Å². The molecule has 2 heterocycles. The van der Waals surface area contributed by atoms with Crippen molar-refractivity contribution >= 4 is 17.1 Å². The maximum absolute atomic E-state index is 12.1. The van der Waals surface area contributed by atoms with Crippen LogP contribution in [0, 0.1) is 0 Å². The number of rotatable bonds is 0. The van der Waals surface area contributed by atoms with Crippen molar-refractivity contribution in [2.24, 2.45) is 0 Å². The highest BCUT2D eigenvalue weighted by Crippen LogP contribution is 2.32. The molecule has 1 aliphatic rings. The van der Waals surface area contributed by atoms with E-state index >= 15 is 0 Å². The molecule has 0 bridgehead atoms. The summed E-state index contributed by atoms with van der Waals surface area (Å²) in [6.07, 6.45) is 0.406. The van der Waals surface area contributed by atoms with Crippen LogP contribution in [0.5, 0.6) is 5.75 Å². The number of amides is 1. The molecule has 2 aromatic rings. The Labute approximate surface area is 123 Å². The Bertz CT molecular complexity index is 696. The number of aromatic hydroxyl groups is 1. The highest BCUT2D eigenvalue weighted by molar-refractivity contribution is 5.84. The van der Waals surface area contributed by atoms with Gasteiger partial charge in [0.1, 0.15) is 22.7 Å². The molecule has 0 radical (unpaired) electrons. The molecule has 0 fully saturated rings. The zero-order chi connectivity index (χ0) is 15.2. The average molecular weight is 289 g/mol. The second-order valence-corrected chi connectivity index (χ2v) is 6.34. The Hall–Kier alpha value is -2.17. The van der Waals surface area contributed by atoms with E-state index in [9.17, 15) is 9.90 Å². The number of carbonyl (C=O) groups excluding carboxylic acids is 1. The Morgan fingerprint density at radius 2 is 2.14 bits per heavy atom. The molecule has 1 N–H and O–H groups in total. The summed E-state index contributed by atoms with van der Waals surface area (Å²) in [7, 11) is 0. The average Bonchev–Trinajstić information content (AvgIpc) is 2.72. The van der Waals surface area contributed by atoms with Crippen molar-refractivity contribution in [1.82, 2.24) is 4.90 Å². The first-order valence-electron chi connectivity index (χ1n) is 7.05. The molecular formula is C16H19NO4. The smallest absolute Gasteiger partial charge is 0.410 e. The molecule has 0 atom stereocenters. The number of ether oxygens (including phenoxy) is 1. The molecular weight excluding hydrogens is 270 g/mol. The largest absolute Gasteiger partial charge is 0.508 e. The highest BCUT2D eigenvalue weighted by atomic mass is 16.6. The van der Waals surface area contributed by atoms with Crippen LogP contribution in [0.3, 0.4) is 0 Å². The van der Waals surface area contributed by atoms with Gasteiger partial charge in [-0.2, -0.15) is 0 Å². The van der Waals surface area contributed by atoms with Crippen LogP contribution in [0.15, 0.2) is 22.6 Å². The van der Waals surface area contributed by atoms with Crippen molar-refractivity contribution in [1.29, 1.82) is 0 Å². The number of nitrogens with zero attached hydrogens (tertiary/aromatic N) is 1. The molecule has 112 valence electrons. The van der Waals surface area contributed by atoms with Gasteiger partial charge in [0.2, 0.25) is 0 Å². The quantitative estimate of drug-likeness (QED) is 0.807. The number of fused-ring (bicyclic) bond motifs is 3. The molecule has 0 unspecified atom stereocenters. The number of benzene rings is 1. The van der Waals surface area contributed by atoms with Crippen LogP contribution >= 0.6 is 0 Å². The Morgan fingerprint density at radius 1 is 1.38 bits per heavy atom. The summed E-state index contributed by atoms with van der Waals surface area (Å²) >= 11 is 0. The van der Waals surface area contributed by atoms with E-state index in [4.69, 9.17) is 9.15 Å². The minimum atomic E-state index is -0.503. The molecule has 5 heteroatoms. The predicted octanol–water partition coefficient (Wildman–Crippen LogP) is 3.43. The van der Waals surface area contributed by atoms with Gasteiger partial charge in [0.15, 0.2) is 0 Å². The van der Waals surface area contributed by atoms with Crippen LogP contribution in [0.1, 0.15) is 32.1 Å². The second kappa shape index (κ2) is 4.69. The lowest BCUT2D eigenvalue weighted by Crippen LogP contribution is -2.39. The lowest BCUT2D eigenvalue weighted by atomic mass is 10.0. The van der Waals surface area contributed by atoms with Crippen molar-refractivity contribution in [3.05, 3.63) is 29.5 Å². The third kappa shape index (κ3) is 2.68. The van der Waals surface area contributed by atoms with E-state index in [1.165, 1.54) is 0 Å². The van der Waals surface area contributed by atoms with Crippen molar-refractivity contribution in [2.45, 2.75) is 39.3 Å². The van der Waals surface area contributed by atoms with Crippen LogP contribution in [0.25, 0.3) is 11.0 Å². The van der Waals surface area contributed by atoms with E-state index in [-0.39, 0.29) is 11.8 Å².